The second kappa shape index (κ2) is 7.57. The number of carbonyl (C=O) groups excluding carboxylic acids is 2. The predicted molar refractivity (Wildman–Crippen MR) is 67.8 cm³/mol. The van der Waals surface area contributed by atoms with Gasteiger partial charge in [0, 0.05) is 20.7 Å². The van der Waals surface area contributed by atoms with E-state index >= 15 is 0 Å². The Bertz CT molecular complexity index is 343. The molecular weight excluding hydrogens is 254 g/mol. The molecule has 19 heavy (non-hydrogen) atoms. The van der Waals surface area contributed by atoms with E-state index in [0.717, 1.165) is 4.90 Å². The van der Waals surface area contributed by atoms with Gasteiger partial charge in [-0.05, 0) is 13.8 Å². The van der Waals surface area contributed by atoms with Gasteiger partial charge in [0.2, 0.25) is 5.91 Å². The molecule has 0 spiro atoms. The number of carbonyl (C=O) groups is 3. The maximum Gasteiger partial charge on any atom is 0.329 e. The molecule has 0 aromatic carbocycles. The van der Waals surface area contributed by atoms with Crippen LogP contribution in [0.25, 0.3) is 0 Å². The number of carboxylic acids is 1. The van der Waals surface area contributed by atoms with Crippen LogP contribution in [0, 0.1) is 0 Å². The Kier molecular flexibility index (Phi) is 6.84. The summed E-state index contributed by atoms with van der Waals surface area (Å²) in [5.41, 5.74) is -1.35. The van der Waals surface area contributed by atoms with Crippen LogP contribution in [-0.4, -0.2) is 67.3 Å². The highest BCUT2D eigenvalue weighted by atomic mass is 16.5. The van der Waals surface area contributed by atoms with Gasteiger partial charge in [-0.15, -0.1) is 0 Å². The van der Waals surface area contributed by atoms with Crippen LogP contribution in [0.15, 0.2) is 0 Å². The summed E-state index contributed by atoms with van der Waals surface area (Å²) in [6.07, 6.45) is 0. The number of urea groups is 1. The molecule has 0 aliphatic rings. The summed E-state index contributed by atoms with van der Waals surface area (Å²) in [6, 6.07) is -0.630. The first-order valence-corrected chi connectivity index (χ1v) is 5.74. The van der Waals surface area contributed by atoms with Gasteiger partial charge in [-0.3, -0.25) is 4.79 Å². The minimum Gasteiger partial charge on any atom is -0.480 e. The van der Waals surface area contributed by atoms with E-state index in [0.29, 0.717) is 13.2 Å². The van der Waals surface area contributed by atoms with Crippen molar-refractivity contribution in [3.05, 3.63) is 0 Å². The van der Waals surface area contributed by atoms with Crippen LogP contribution < -0.4 is 10.6 Å². The minimum absolute atomic E-state index is 0.220. The maximum absolute atomic E-state index is 11.7. The van der Waals surface area contributed by atoms with Crippen molar-refractivity contribution in [3.8, 4) is 0 Å². The summed E-state index contributed by atoms with van der Waals surface area (Å²) in [5.74, 6) is -1.50. The van der Waals surface area contributed by atoms with Gasteiger partial charge in [-0.25, -0.2) is 9.59 Å². The summed E-state index contributed by atoms with van der Waals surface area (Å²) in [7, 11) is 2.86. The van der Waals surface area contributed by atoms with Crippen molar-refractivity contribution < 1.29 is 24.2 Å². The molecule has 0 aromatic rings. The molecule has 0 heterocycles. The lowest BCUT2D eigenvalue weighted by Gasteiger charge is -2.31. The van der Waals surface area contributed by atoms with Gasteiger partial charge >= 0.3 is 12.0 Å². The van der Waals surface area contributed by atoms with Gasteiger partial charge in [0.25, 0.3) is 0 Å². The third-order valence-electron chi connectivity index (χ3n) is 2.70. The van der Waals surface area contributed by atoms with Gasteiger partial charge in [-0.1, -0.05) is 0 Å². The van der Waals surface area contributed by atoms with Gasteiger partial charge in [0.05, 0.1) is 13.2 Å². The Morgan fingerprint density at radius 1 is 1.26 bits per heavy atom. The number of nitrogens with zero attached hydrogens (tertiary/aromatic N) is 1. The fraction of sp³-hybridized carbons (Fsp3) is 0.727. The number of hydrogen-bond acceptors (Lipinski definition) is 4. The van der Waals surface area contributed by atoms with Gasteiger partial charge < -0.3 is 25.4 Å². The summed E-state index contributed by atoms with van der Waals surface area (Å²) in [5, 5.41) is 13.8. The number of nitrogens with one attached hydrogen (secondary N) is 2. The first-order valence-electron chi connectivity index (χ1n) is 5.74. The summed E-state index contributed by atoms with van der Waals surface area (Å²) < 4.78 is 4.75. The predicted octanol–water partition coefficient (Wildman–Crippen LogP) is -0.746. The highest BCUT2D eigenvalue weighted by Gasteiger charge is 2.35. The molecule has 0 atom stereocenters. The molecule has 0 aliphatic heterocycles. The molecule has 8 nitrogen and oxygen atoms in total. The highest BCUT2D eigenvalue weighted by Crippen LogP contribution is 2.11. The first-order chi connectivity index (χ1) is 8.73. The van der Waals surface area contributed by atoms with Crippen molar-refractivity contribution in [2.75, 3.05) is 33.9 Å². The standard InChI is InChI=1S/C11H21N3O5/c1-11(2,9(16)17)14(3)10(18)13-7-8(15)12-5-6-19-4/h5-7H2,1-4H3,(H,12,15)(H,13,18)(H,16,17). The Hall–Kier alpha value is -1.83. The van der Waals surface area contributed by atoms with Gasteiger partial charge in [-0.2, -0.15) is 0 Å². The second-order valence-electron chi connectivity index (χ2n) is 4.42. The number of ether oxygens (including phenoxy) is 1. The van der Waals surface area contributed by atoms with E-state index in [2.05, 4.69) is 10.6 Å². The SMILES string of the molecule is COCCNC(=O)CNC(=O)N(C)C(C)(C)C(=O)O. The molecule has 0 fully saturated rings. The zero-order valence-electron chi connectivity index (χ0n) is 11.6. The van der Waals surface area contributed by atoms with Crippen LogP contribution in [0.2, 0.25) is 0 Å². The molecular formula is C11H21N3O5. The van der Waals surface area contributed by atoms with E-state index in [9.17, 15) is 14.4 Å². The average molecular weight is 275 g/mol. The first kappa shape index (κ1) is 17.2. The number of methoxy groups -OCH3 is 1. The van der Waals surface area contributed by atoms with E-state index in [1.807, 2.05) is 0 Å². The lowest BCUT2D eigenvalue weighted by atomic mass is 10.1. The number of aliphatic carboxylic acids is 1. The minimum atomic E-state index is -1.35. The normalized spacial score (nSPS) is 10.7. The average Bonchev–Trinajstić information content (AvgIpc) is 2.35. The van der Waals surface area contributed by atoms with Crippen molar-refractivity contribution in [3.63, 3.8) is 0 Å². The van der Waals surface area contributed by atoms with Crippen molar-refractivity contribution >= 4 is 17.9 Å². The number of amides is 3. The Morgan fingerprint density at radius 2 is 1.84 bits per heavy atom. The molecule has 8 heteroatoms. The number of rotatable bonds is 7. The number of carboxylic acid groups (broad SMARTS) is 1. The second-order valence-corrected chi connectivity index (χ2v) is 4.42. The summed E-state index contributed by atoms with van der Waals surface area (Å²) in [4.78, 5) is 35.0. The van der Waals surface area contributed by atoms with E-state index in [4.69, 9.17) is 9.84 Å². The van der Waals surface area contributed by atoms with E-state index in [1.54, 1.807) is 0 Å². The zero-order chi connectivity index (χ0) is 15.1. The van der Waals surface area contributed by atoms with Crippen molar-refractivity contribution in [1.29, 1.82) is 0 Å². The van der Waals surface area contributed by atoms with Crippen molar-refractivity contribution in [2.45, 2.75) is 19.4 Å². The fourth-order valence-corrected chi connectivity index (χ4v) is 1.03. The quantitative estimate of drug-likeness (QED) is 0.530. The molecule has 110 valence electrons. The number of likely N-dealkylation sites (N-methyl/N-ethyl adjacent to an activating group) is 1. The number of hydrogen-bond donors (Lipinski definition) is 3. The fourth-order valence-electron chi connectivity index (χ4n) is 1.03. The largest absolute Gasteiger partial charge is 0.480 e. The summed E-state index contributed by atoms with van der Waals surface area (Å²) >= 11 is 0. The van der Waals surface area contributed by atoms with Crippen LogP contribution >= 0.6 is 0 Å². The lowest BCUT2D eigenvalue weighted by Crippen LogP contribution is -2.55. The summed E-state index contributed by atoms with van der Waals surface area (Å²) in [6.45, 7) is 3.30. The molecule has 0 saturated heterocycles. The molecule has 0 bridgehead atoms. The van der Waals surface area contributed by atoms with Crippen LogP contribution in [0.1, 0.15) is 13.8 Å². The molecule has 0 rings (SSSR count). The molecule has 3 N–H and O–H groups in total. The third kappa shape index (κ3) is 5.56. The molecule has 0 unspecified atom stereocenters. The van der Waals surface area contributed by atoms with Crippen LogP contribution in [0.4, 0.5) is 4.79 Å². The van der Waals surface area contributed by atoms with E-state index < -0.39 is 17.5 Å². The zero-order valence-corrected chi connectivity index (χ0v) is 11.6. The Balaban J connectivity index is 4.18. The van der Waals surface area contributed by atoms with Crippen LogP contribution in [0.5, 0.6) is 0 Å². The lowest BCUT2D eigenvalue weighted by molar-refractivity contribution is -0.146. The molecule has 0 aromatic heterocycles. The Morgan fingerprint density at radius 3 is 2.32 bits per heavy atom. The van der Waals surface area contributed by atoms with Crippen molar-refractivity contribution in [2.24, 2.45) is 0 Å². The third-order valence-corrected chi connectivity index (χ3v) is 2.70. The molecule has 0 aliphatic carbocycles. The van der Waals surface area contributed by atoms with Crippen molar-refractivity contribution in [1.82, 2.24) is 15.5 Å². The molecule has 0 radical (unpaired) electrons. The maximum atomic E-state index is 11.7. The van der Waals surface area contributed by atoms with Crippen LogP contribution in [-0.2, 0) is 14.3 Å². The Labute approximate surface area is 112 Å². The highest BCUT2D eigenvalue weighted by molar-refractivity contribution is 5.88. The van der Waals surface area contributed by atoms with E-state index in [-0.39, 0.29) is 12.5 Å². The van der Waals surface area contributed by atoms with Gasteiger partial charge in [0.1, 0.15) is 5.54 Å². The topological polar surface area (TPSA) is 108 Å². The molecule has 0 saturated carbocycles. The van der Waals surface area contributed by atoms with E-state index in [1.165, 1.54) is 28.0 Å². The van der Waals surface area contributed by atoms with Crippen LogP contribution in [0.3, 0.4) is 0 Å². The molecule has 3 amide bonds. The smallest absolute Gasteiger partial charge is 0.329 e. The van der Waals surface area contributed by atoms with Gasteiger partial charge in [0.15, 0.2) is 0 Å². The monoisotopic (exact) mass is 275 g/mol.